The summed E-state index contributed by atoms with van der Waals surface area (Å²) in [5, 5.41) is 7.58. The van der Waals surface area contributed by atoms with Gasteiger partial charge in [-0.3, -0.25) is 4.90 Å². The van der Waals surface area contributed by atoms with Crippen LogP contribution in [0, 0.1) is 0 Å². The molecule has 0 spiro atoms. The van der Waals surface area contributed by atoms with E-state index in [1.54, 1.807) is 0 Å². The second-order valence-corrected chi connectivity index (χ2v) is 4.90. The van der Waals surface area contributed by atoms with Crippen molar-refractivity contribution in [3.05, 3.63) is 29.3 Å². The minimum Gasteiger partial charge on any atom is -0.382 e. The van der Waals surface area contributed by atoms with E-state index in [9.17, 15) is 0 Å². The summed E-state index contributed by atoms with van der Waals surface area (Å²) in [6, 6.07) is 8.43. The number of para-hydroxylation sites is 1. The quantitative estimate of drug-likeness (QED) is 0.860. The Morgan fingerprint density at radius 3 is 2.76 bits per heavy atom. The molecule has 0 aliphatic carbocycles. The van der Waals surface area contributed by atoms with Crippen LogP contribution in [0.25, 0.3) is 0 Å². The van der Waals surface area contributed by atoms with Gasteiger partial charge < -0.3 is 10.6 Å². The second kappa shape index (κ2) is 6.24. The molecule has 1 unspecified atom stereocenters. The molecule has 1 aromatic rings. The number of rotatable bonds is 4. The Hall–Kier alpha value is -0.770. The van der Waals surface area contributed by atoms with Crippen LogP contribution in [0.5, 0.6) is 0 Å². The fourth-order valence-corrected chi connectivity index (χ4v) is 2.32. The Labute approximate surface area is 108 Å². The molecule has 2 N–H and O–H groups in total. The average molecular weight is 254 g/mol. The standard InChI is InChI=1S/C13H20ClN3/c1-11(17-8-6-15-7-9-17)10-16-13-5-3-2-4-12(13)14/h2-5,11,15-16H,6-10H2,1H3. The van der Waals surface area contributed by atoms with Crippen LogP contribution in [0.3, 0.4) is 0 Å². The monoisotopic (exact) mass is 253 g/mol. The highest BCUT2D eigenvalue weighted by Gasteiger charge is 2.15. The van der Waals surface area contributed by atoms with Gasteiger partial charge in [0.1, 0.15) is 0 Å². The molecule has 1 fully saturated rings. The van der Waals surface area contributed by atoms with Crippen molar-refractivity contribution in [3.63, 3.8) is 0 Å². The van der Waals surface area contributed by atoms with Gasteiger partial charge >= 0.3 is 0 Å². The summed E-state index contributed by atoms with van der Waals surface area (Å²) < 4.78 is 0. The molecule has 1 aliphatic rings. The molecule has 0 radical (unpaired) electrons. The molecule has 3 nitrogen and oxygen atoms in total. The van der Waals surface area contributed by atoms with Crippen LogP contribution in [0.1, 0.15) is 6.92 Å². The SMILES string of the molecule is CC(CNc1ccccc1Cl)N1CCNCC1. The third kappa shape index (κ3) is 3.60. The maximum atomic E-state index is 6.11. The third-order valence-electron chi connectivity index (χ3n) is 3.24. The predicted octanol–water partition coefficient (Wildman–Crippen LogP) is 2.05. The summed E-state index contributed by atoms with van der Waals surface area (Å²) in [5.41, 5.74) is 1.02. The Balaban J connectivity index is 1.83. The number of nitrogens with one attached hydrogen (secondary N) is 2. The first-order valence-electron chi connectivity index (χ1n) is 6.20. The van der Waals surface area contributed by atoms with E-state index in [-0.39, 0.29) is 0 Å². The van der Waals surface area contributed by atoms with E-state index >= 15 is 0 Å². The maximum absolute atomic E-state index is 6.11. The first-order valence-corrected chi connectivity index (χ1v) is 6.58. The predicted molar refractivity (Wildman–Crippen MR) is 73.8 cm³/mol. The van der Waals surface area contributed by atoms with Gasteiger partial charge in [0.25, 0.3) is 0 Å². The van der Waals surface area contributed by atoms with Crippen molar-refractivity contribution in [2.75, 3.05) is 38.0 Å². The molecular weight excluding hydrogens is 234 g/mol. The first kappa shape index (κ1) is 12.7. The number of benzene rings is 1. The molecule has 1 atom stereocenters. The largest absolute Gasteiger partial charge is 0.382 e. The van der Waals surface area contributed by atoms with Gasteiger partial charge in [-0.1, -0.05) is 23.7 Å². The van der Waals surface area contributed by atoms with Gasteiger partial charge in [-0.05, 0) is 19.1 Å². The molecule has 1 heterocycles. The van der Waals surface area contributed by atoms with Crippen LogP contribution in [0.2, 0.25) is 5.02 Å². The van der Waals surface area contributed by atoms with Crippen molar-refractivity contribution in [3.8, 4) is 0 Å². The van der Waals surface area contributed by atoms with E-state index in [0.717, 1.165) is 43.4 Å². The Morgan fingerprint density at radius 1 is 1.35 bits per heavy atom. The topological polar surface area (TPSA) is 27.3 Å². The minimum absolute atomic E-state index is 0.536. The molecule has 1 aromatic carbocycles. The van der Waals surface area contributed by atoms with Gasteiger partial charge in [0.05, 0.1) is 10.7 Å². The number of nitrogens with zero attached hydrogens (tertiary/aromatic N) is 1. The lowest BCUT2D eigenvalue weighted by Gasteiger charge is -2.33. The fourth-order valence-electron chi connectivity index (χ4n) is 2.11. The number of piperazine rings is 1. The molecule has 0 amide bonds. The van der Waals surface area contributed by atoms with Crippen molar-refractivity contribution < 1.29 is 0 Å². The fraction of sp³-hybridized carbons (Fsp3) is 0.538. The van der Waals surface area contributed by atoms with Crippen LogP contribution in [-0.2, 0) is 0 Å². The molecule has 94 valence electrons. The van der Waals surface area contributed by atoms with E-state index in [2.05, 4.69) is 22.5 Å². The van der Waals surface area contributed by atoms with Crippen LogP contribution in [0.4, 0.5) is 5.69 Å². The van der Waals surface area contributed by atoms with Gasteiger partial charge in [-0.25, -0.2) is 0 Å². The summed E-state index contributed by atoms with van der Waals surface area (Å²) in [6.07, 6.45) is 0. The normalized spacial score (nSPS) is 18.9. The van der Waals surface area contributed by atoms with Crippen molar-refractivity contribution in [1.82, 2.24) is 10.2 Å². The number of hydrogen-bond donors (Lipinski definition) is 2. The van der Waals surface area contributed by atoms with Gasteiger partial charge in [-0.15, -0.1) is 0 Å². The van der Waals surface area contributed by atoms with Gasteiger partial charge in [0.15, 0.2) is 0 Å². The summed E-state index contributed by atoms with van der Waals surface area (Å²) in [7, 11) is 0. The zero-order valence-corrected chi connectivity index (χ0v) is 11.0. The highest BCUT2D eigenvalue weighted by molar-refractivity contribution is 6.33. The van der Waals surface area contributed by atoms with Crippen LogP contribution < -0.4 is 10.6 Å². The third-order valence-corrected chi connectivity index (χ3v) is 3.57. The number of halogens is 1. The van der Waals surface area contributed by atoms with Gasteiger partial charge in [0.2, 0.25) is 0 Å². The van der Waals surface area contributed by atoms with Crippen LogP contribution in [-0.4, -0.2) is 43.7 Å². The molecule has 1 saturated heterocycles. The van der Waals surface area contributed by atoms with E-state index < -0.39 is 0 Å². The lowest BCUT2D eigenvalue weighted by atomic mass is 10.2. The summed E-state index contributed by atoms with van der Waals surface area (Å²) >= 11 is 6.11. The van der Waals surface area contributed by atoms with Crippen molar-refractivity contribution in [1.29, 1.82) is 0 Å². The summed E-state index contributed by atoms with van der Waals surface area (Å²) in [5.74, 6) is 0. The average Bonchev–Trinajstić information content (AvgIpc) is 2.38. The van der Waals surface area contributed by atoms with Crippen molar-refractivity contribution in [2.45, 2.75) is 13.0 Å². The van der Waals surface area contributed by atoms with Crippen LogP contribution in [0.15, 0.2) is 24.3 Å². The lowest BCUT2D eigenvalue weighted by Crippen LogP contribution is -2.49. The molecule has 0 aromatic heterocycles. The maximum Gasteiger partial charge on any atom is 0.0637 e. The zero-order valence-electron chi connectivity index (χ0n) is 10.2. The van der Waals surface area contributed by atoms with Crippen LogP contribution >= 0.6 is 11.6 Å². The van der Waals surface area contributed by atoms with Gasteiger partial charge in [0, 0.05) is 38.8 Å². The molecule has 1 aliphatic heterocycles. The highest BCUT2D eigenvalue weighted by Crippen LogP contribution is 2.20. The highest BCUT2D eigenvalue weighted by atomic mass is 35.5. The Morgan fingerprint density at radius 2 is 2.06 bits per heavy atom. The molecule has 2 rings (SSSR count). The molecule has 17 heavy (non-hydrogen) atoms. The Kier molecular flexibility index (Phi) is 4.66. The van der Waals surface area contributed by atoms with Gasteiger partial charge in [-0.2, -0.15) is 0 Å². The van der Waals surface area contributed by atoms with E-state index in [4.69, 9.17) is 11.6 Å². The second-order valence-electron chi connectivity index (χ2n) is 4.50. The van der Waals surface area contributed by atoms with Crippen molar-refractivity contribution in [2.24, 2.45) is 0 Å². The van der Waals surface area contributed by atoms with E-state index in [0.29, 0.717) is 6.04 Å². The summed E-state index contributed by atoms with van der Waals surface area (Å²) in [4.78, 5) is 2.50. The van der Waals surface area contributed by atoms with Crippen molar-refractivity contribution >= 4 is 17.3 Å². The smallest absolute Gasteiger partial charge is 0.0637 e. The first-order chi connectivity index (χ1) is 8.27. The number of anilines is 1. The Bertz CT molecular complexity index is 350. The zero-order chi connectivity index (χ0) is 12.1. The lowest BCUT2D eigenvalue weighted by molar-refractivity contribution is 0.191. The molecular formula is C13H20ClN3. The van der Waals surface area contributed by atoms with E-state index in [1.807, 2.05) is 24.3 Å². The molecule has 0 saturated carbocycles. The molecule has 4 heteroatoms. The summed E-state index contributed by atoms with van der Waals surface area (Å²) in [6.45, 7) is 7.64. The molecule has 0 bridgehead atoms. The van der Waals surface area contributed by atoms with E-state index in [1.165, 1.54) is 0 Å². The number of hydrogen-bond acceptors (Lipinski definition) is 3. The minimum atomic E-state index is 0.536.